The molecular formula is C13H13FN2O2. The summed E-state index contributed by atoms with van der Waals surface area (Å²) in [5.41, 5.74) is 2.63. The standard InChI is InChI=1S/C13H13FN2O2/c1-8-5-9(3-4-11(8)14)10-7-15-16(2)12(10)6-13(17)18/h3-5,7H,6H2,1-2H3,(H,17,18). The van der Waals surface area contributed by atoms with Gasteiger partial charge in [0, 0.05) is 12.6 Å². The lowest BCUT2D eigenvalue weighted by molar-refractivity contribution is -0.136. The minimum atomic E-state index is -0.918. The van der Waals surface area contributed by atoms with Crippen LogP contribution in [-0.4, -0.2) is 20.9 Å². The lowest BCUT2D eigenvalue weighted by Gasteiger charge is -2.05. The molecule has 2 aromatic rings. The molecule has 0 saturated heterocycles. The van der Waals surface area contributed by atoms with E-state index in [9.17, 15) is 9.18 Å². The summed E-state index contributed by atoms with van der Waals surface area (Å²) in [5.74, 6) is -1.19. The molecule has 0 aliphatic heterocycles. The van der Waals surface area contributed by atoms with Crippen LogP contribution in [0.1, 0.15) is 11.3 Å². The molecule has 0 aliphatic rings. The zero-order valence-corrected chi connectivity index (χ0v) is 10.1. The van der Waals surface area contributed by atoms with Crippen molar-refractivity contribution in [3.8, 4) is 11.1 Å². The Morgan fingerprint density at radius 3 is 2.83 bits per heavy atom. The minimum Gasteiger partial charge on any atom is -0.481 e. The number of aryl methyl sites for hydroxylation is 2. The first-order valence-corrected chi connectivity index (χ1v) is 5.48. The number of rotatable bonds is 3. The van der Waals surface area contributed by atoms with Crippen molar-refractivity contribution < 1.29 is 14.3 Å². The van der Waals surface area contributed by atoms with Crippen molar-refractivity contribution in [1.29, 1.82) is 0 Å². The van der Waals surface area contributed by atoms with E-state index in [0.29, 0.717) is 11.3 Å². The second-order valence-electron chi connectivity index (χ2n) is 4.16. The van der Waals surface area contributed by atoms with E-state index in [0.717, 1.165) is 11.1 Å². The average Bonchev–Trinajstić information content (AvgIpc) is 2.64. The maximum absolute atomic E-state index is 13.2. The molecule has 5 heteroatoms. The van der Waals surface area contributed by atoms with E-state index in [1.165, 1.54) is 10.7 Å². The van der Waals surface area contributed by atoms with Gasteiger partial charge in [-0.15, -0.1) is 0 Å². The lowest BCUT2D eigenvalue weighted by atomic mass is 10.0. The molecule has 18 heavy (non-hydrogen) atoms. The van der Waals surface area contributed by atoms with Crippen LogP contribution in [0.15, 0.2) is 24.4 Å². The lowest BCUT2D eigenvalue weighted by Crippen LogP contribution is -2.07. The summed E-state index contributed by atoms with van der Waals surface area (Å²) >= 11 is 0. The average molecular weight is 248 g/mol. The van der Waals surface area contributed by atoms with Gasteiger partial charge in [-0.05, 0) is 30.2 Å². The quantitative estimate of drug-likeness (QED) is 0.905. The summed E-state index contributed by atoms with van der Waals surface area (Å²) in [4.78, 5) is 10.8. The van der Waals surface area contributed by atoms with Gasteiger partial charge in [-0.3, -0.25) is 9.48 Å². The first-order chi connectivity index (χ1) is 8.49. The third-order valence-electron chi connectivity index (χ3n) is 2.85. The maximum Gasteiger partial charge on any atom is 0.309 e. The van der Waals surface area contributed by atoms with Gasteiger partial charge in [-0.25, -0.2) is 4.39 Å². The normalized spacial score (nSPS) is 10.6. The number of aliphatic carboxylic acids is 1. The highest BCUT2D eigenvalue weighted by atomic mass is 19.1. The molecule has 0 aliphatic carbocycles. The molecule has 0 spiro atoms. The number of aromatic nitrogens is 2. The molecule has 0 unspecified atom stereocenters. The van der Waals surface area contributed by atoms with Crippen LogP contribution in [0.4, 0.5) is 4.39 Å². The van der Waals surface area contributed by atoms with Gasteiger partial charge in [0.25, 0.3) is 0 Å². The van der Waals surface area contributed by atoms with E-state index in [-0.39, 0.29) is 12.2 Å². The van der Waals surface area contributed by atoms with Gasteiger partial charge in [0.15, 0.2) is 0 Å². The molecule has 2 rings (SSSR count). The van der Waals surface area contributed by atoms with Crippen LogP contribution >= 0.6 is 0 Å². The highest BCUT2D eigenvalue weighted by Crippen LogP contribution is 2.25. The van der Waals surface area contributed by atoms with Crippen LogP contribution < -0.4 is 0 Å². The van der Waals surface area contributed by atoms with E-state index in [4.69, 9.17) is 5.11 Å². The molecule has 0 saturated carbocycles. The SMILES string of the molecule is Cc1cc(-c2cnn(C)c2CC(=O)O)ccc1F. The summed E-state index contributed by atoms with van der Waals surface area (Å²) in [5, 5.41) is 12.9. The predicted molar refractivity (Wildman–Crippen MR) is 64.7 cm³/mol. The molecule has 0 amide bonds. The number of carboxylic acids is 1. The second-order valence-corrected chi connectivity index (χ2v) is 4.16. The molecule has 0 radical (unpaired) electrons. The number of hydrogen-bond acceptors (Lipinski definition) is 2. The Morgan fingerprint density at radius 1 is 1.50 bits per heavy atom. The molecule has 94 valence electrons. The van der Waals surface area contributed by atoms with Crippen molar-refractivity contribution in [2.75, 3.05) is 0 Å². The molecule has 1 heterocycles. The fourth-order valence-electron chi connectivity index (χ4n) is 1.87. The zero-order chi connectivity index (χ0) is 13.3. The maximum atomic E-state index is 13.2. The monoisotopic (exact) mass is 248 g/mol. The Kier molecular flexibility index (Phi) is 3.14. The van der Waals surface area contributed by atoms with Crippen molar-refractivity contribution in [3.63, 3.8) is 0 Å². The van der Waals surface area contributed by atoms with E-state index < -0.39 is 5.97 Å². The molecule has 0 fully saturated rings. The van der Waals surface area contributed by atoms with Gasteiger partial charge in [0.05, 0.1) is 18.3 Å². The van der Waals surface area contributed by atoms with Gasteiger partial charge >= 0.3 is 5.97 Å². The topological polar surface area (TPSA) is 55.1 Å². The number of carbonyl (C=O) groups is 1. The summed E-state index contributed by atoms with van der Waals surface area (Å²) in [7, 11) is 1.69. The van der Waals surface area contributed by atoms with E-state index in [1.54, 1.807) is 32.3 Å². The summed E-state index contributed by atoms with van der Waals surface area (Å²) in [6.45, 7) is 1.67. The van der Waals surface area contributed by atoms with Crippen LogP contribution in [0, 0.1) is 12.7 Å². The summed E-state index contributed by atoms with van der Waals surface area (Å²) in [6, 6.07) is 4.70. The van der Waals surface area contributed by atoms with E-state index in [1.807, 2.05) is 0 Å². The first-order valence-electron chi connectivity index (χ1n) is 5.48. The van der Waals surface area contributed by atoms with Crippen LogP contribution in [0.25, 0.3) is 11.1 Å². The van der Waals surface area contributed by atoms with Crippen molar-refractivity contribution in [2.45, 2.75) is 13.3 Å². The van der Waals surface area contributed by atoms with Gasteiger partial charge in [-0.1, -0.05) is 6.07 Å². The number of hydrogen-bond donors (Lipinski definition) is 1. The van der Waals surface area contributed by atoms with E-state index >= 15 is 0 Å². The Balaban J connectivity index is 2.50. The van der Waals surface area contributed by atoms with Crippen LogP contribution in [0.5, 0.6) is 0 Å². The van der Waals surface area contributed by atoms with Crippen LogP contribution in [-0.2, 0) is 18.3 Å². The number of benzene rings is 1. The largest absolute Gasteiger partial charge is 0.481 e. The zero-order valence-electron chi connectivity index (χ0n) is 10.1. The summed E-state index contributed by atoms with van der Waals surface area (Å²) < 4.78 is 14.7. The van der Waals surface area contributed by atoms with Gasteiger partial charge < -0.3 is 5.11 Å². The number of nitrogens with zero attached hydrogens (tertiary/aromatic N) is 2. The number of halogens is 1. The van der Waals surface area contributed by atoms with Gasteiger partial charge in [0.2, 0.25) is 0 Å². The Bertz CT molecular complexity index is 605. The molecule has 0 atom stereocenters. The first kappa shape index (κ1) is 12.3. The fourth-order valence-corrected chi connectivity index (χ4v) is 1.87. The number of carboxylic acid groups (broad SMARTS) is 1. The highest BCUT2D eigenvalue weighted by molar-refractivity contribution is 5.75. The second kappa shape index (κ2) is 4.60. The Labute approximate surface area is 104 Å². The van der Waals surface area contributed by atoms with E-state index in [2.05, 4.69) is 5.10 Å². The Morgan fingerprint density at radius 2 is 2.22 bits per heavy atom. The molecule has 0 bridgehead atoms. The highest BCUT2D eigenvalue weighted by Gasteiger charge is 2.14. The Hall–Kier alpha value is -2.17. The smallest absolute Gasteiger partial charge is 0.309 e. The molecule has 4 nitrogen and oxygen atoms in total. The third-order valence-corrected chi connectivity index (χ3v) is 2.85. The summed E-state index contributed by atoms with van der Waals surface area (Å²) in [6.07, 6.45) is 1.49. The molecule has 1 N–H and O–H groups in total. The van der Waals surface area contributed by atoms with Crippen molar-refractivity contribution in [3.05, 3.63) is 41.5 Å². The van der Waals surface area contributed by atoms with Gasteiger partial charge in [0.1, 0.15) is 5.82 Å². The van der Waals surface area contributed by atoms with Crippen molar-refractivity contribution >= 4 is 5.97 Å². The minimum absolute atomic E-state index is 0.109. The molecular weight excluding hydrogens is 235 g/mol. The predicted octanol–water partition coefficient (Wildman–Crippen LogP) is 2.16. The van der Waals surface area contributed by atoms with Crippen LogP contribution in [0.3, 0.4) is 0 Å². The molecule has 1 aromatic carbocycles. The molecule has 1 aromatic heterocycles. The fraction of sp³-hybridized carbons (Fsp3) is 0.231. The van der Waals surface area contributed by atoms with Crippen molar-refractivity contribution in [2.24, 2.45) is 7.05 Å². The third kappa shape index (κ3) is 2.25. The van der Waals surface area contributed by atoms with Gasteiger partial charge in [-0.2, -0.15) is 5.10 Å². The van der Waals surface area contributed by atoms with Crippen LogP contribution in [0.2, 0.25) is 0 Å². The van der Waals surface area contributed by atoms with Crippen molar-refractivity contribution in [1.82, 2.24) is 9.78 Å².